The lowest BCUT2D eigenvalue weighted by molar-refractivity contribution is 0.628. The minimum atomic E-state index is -0.213. The van der Waals surface area contributed by atoms with E-state index in [1.807, 2.05) is 6.07 Å². The van der Waals surface area contributed by atoms with Crippen LogP contribution in [0.4, 0.5) is 4.39 Å². The van der Waals surface area contributed by atoms with Gasteiger partial charge in [-0.25, -0.2) is 4.39 Å². The third-order valence-corrected chi connectivity index (χ3v) is 3.11. The minimum absolute atomic E-state index is 0.213. The first-order valence-electron chi connectivity index (χ1n) is 4.20. The van der Waals surface area contributed by atoms with E-state index in [1.54, 1.807) is 23.5 Å². The van der Waals surface area contributed by atoms with Crippen molar-refractivity contribution in [3.8, 4) is 10.4 Å². The van der Waals surface area contributed by atoms with Crippen LogP contribution in [0.15, 0.2) is 30.3 Å². The Bertz CT molecular complexity index is 509. The van der Waals surface area contributed by atoms with Crippen LogP contribution in [0.25, 0.3) is 23.6 Å². The lowest BCUT2D eigenvalue weighted by Gasteiger charge is -1.95. The molecule has 0 aliphatic rings. The highest BCUT2D eigenvalue weighted by molar-refractivity contribution is 7.13. The Hall–Kier alpha value is -1.41. The van der Waals surface area contributed by atoms with Crippen LogP contribution in [0.1, 0.15) is 0 Å². The minimum Gasteiger partial charge on any atom is -0.207 e. The van der Waals surface area contributed by atoms with Gasteiger partial charge in [-0.05, 0) is 29.0 Å². The maximum absolute atomic E-state index is 12.7. The molecule has 0 fully saturated rings. The number of halogens is 1. The number of hydrogen-bond donors (Lipinski definition) is 0. The van der Waals surface area contributed by atoms with E-state index in [2.05, 4.69) is 13.2 Å². The van der Waals surface area contributed by atoms with Crippen molar-refractivity contribution < 1.29 is 4.39 Å². The van der Waals surface area contributed by atoms with Crippen LogP contribution >= 0.6 is 11.3 Å². The molecule has 70 valence electrons. The fourth-order valence-corrected chi connectivity index (χ4v) is 2.13. The second kappa shape index (κ2) is 3.39. The van der Waals surface area contributed by atoms with Gasteiger partial charge < -0.3 is 0 Å². The topological polar surface area (TPSA) is 0 Å². The van der Waals surface area contributed by atoms with Crippen LogP contribution in [0.5, 0.6) is 0 Å². The van der Waals surface area contributed by atoms with Gasteiger partial charge in [0.05, 0.1) is 0 Å². The standard InChI is InChI=1S/C12H9FS/c1-8-7-12(14-9(8)2)10-3-5-11(13)6-4-10/h3-7H,1-2H2. The molecule has 1 aromatic heterocycles. The first kappa shape index (κ1) is 9.16. The smallest absolute Gasteiger partial charge is 0.123 e. The van der Waals surface area contributed by atoms with Gasteiger partial charge in [0.2, 0.25) is 0 Å². The molecule has 0 saturated carbocycles. The molecule has 0 amide bonds. The highest BCUT2D eigenvalue weighted by Gasteiger charge is 1.99. The molecule has 0 aliphatic carbocycles. The summed E-state index contributed by atoms with van der Waals surface area (Å²) < 4.78 is 13.6. The number of rotatable bonds is 1. The Morgan fingerprint density at radius 1 is 1.07 bits per heavy atom. The predicted octanol–water partition coefficient (Wildman–Crippen LogP) is 2.37. The summed E-state index contributed by atoms with van der Waals surface area (Å²) in [5.41, 5.74) is 1.01. The average molecular weight is 204 g/mol. The lowest BCUT2D eigenvalue weighted by Crippen LogP contribution is -2.11. The van der Waals surface area contributed by atoms with E-state index in [1.165, 1.54) is 12.1 Å². The largest absolute Gasteiger partial charge is 0.207 e. The Morgan fingerprint density at radius 2 is 1.71 bits per heavy atom. The van der Waals surface area contributed by atoms with Crippen molar-refractivity contribution in [2.24, 2.45) is 0 Å². The molecule has 0 spiro atoms. The van der Waals surface area contributed by atoms with Crippen molar-refractivity contribution in [1.82, 2.24) is 0 Å². The van der Waals surface area contributed by atoms with Crippen molar-refractivity contribution in [2.45, 2.75) is 0 Å². The van der Waals surface area contributed by atoms with Gasteiger partial charge >= 0.3 is 0 Å². The normalized spacial score (nSPS) is 10.4. The Labute approximate surface area is 85.6 Å². The first-order chi connectivity index (χ1) is 6.66. The molecule has 0 N–H and O–H groups in total. The number of hydrogen-bond acceptors (Lipinski definition) is 1. The van der Waals surface area contributed by atoms with Gasteiger partial charge in [-0.15, -0.1) is 11.3 Å². The van der Waals surface area contributed by atoms with Gasteiger partial charge in [-0.2, -0.15) is 0 Å². The highest BCUT2D eigenvalue weighted by atomic mass is 32.1. The highest BCUT2D eigenvalue weighted by Crippen LogP contribution is 2.20. The molecule has 2 rings (SSSR count). The van der Waals surface area contributed by atoms with E-state index in [4.69, 9.17) is 0 Å². The third-order valence-electron chi connectivity index (χ3n) is 2.03. The van der Waals surface area contributed by atoms with Crippen LogP contribution in [0, 0.1) is 5.82 Å². The average Bonchev–Trinajstić information content (AvgIpc) is 2.48. The third kappa shape index (κ3) is 1.61. The van der Waals surface area contributed by atoms with Crippen LogP contribution in [-0.4, -0.2) is 0 Å². The molecule has 14 heavy (non-hydrogen) atoms. The number of thiophene rings is 1. The van der Waals surface area contributed by atoms with E-state index in [9.17, 15) is 4.39 Å². The van der Waals surface area contributed by atoms with E-state index >= 15 is 0 Å². The van der Waals surface area contributed by atoms with Crippen LogP contribution < -0.4 is 9.75 Å². The molecule has 0 radical (unpaired) electrons. The first-order valence-corrected chi connectivity index (χ1v) is 5.02. The zero-order chi connectivity index (χ0) is 10.1. The fraction of sp³-hybridized carbons (Fsp3) is 0. The molecule has 2 aromatic rings. The summed E-state index contributed by atoms with van der Waals surface area (Å²) in [4.78, 5) is 1.08. The zero-order valence-electron chi connectivity index (χ0n) is 7.59. The van der Waals surface area contributed by atoms with Gasteiger partial charge in [-0.3, -0.25) is 0 Å². The molecule has 0 atom stereocenters. The van der Waals surface area contributed by atoms with Gasteiger partial charge in [-0.1, -0.05) is 25.3 Å². The van der Waals surface area contributed by atoms with Gasteiger partial charge in [0.1, 0.15) is 5.82 Å². The van der Waals surface area contributed by atoms with Crippen molar-refractivity contribution in [1.29, 1.82) is 0 Å². The molecular weight excluding hydrogens is 195 g/mol. The molecule has 0 nitrogen and oxygen atoms in total. The summed E-state index contributed by atoms with van der Waals surface area (Å²) in [6, 6.07) is 8.42. The molecule has 0 bridgehead atoms. The summed E-state index contributed by atoms with van der Waals surface area (Å²) in [7, 11) is 0. The zero-order valence-corrected chi connectivity index (χ0v) is 8.40. The Balaban J connectivity index is 2.55. The molecule has 2 heteroatoms. The van der Waals surface area contributed by atoms with E-state index in [0.717, 1.165) is 20.2 Å². The molecule has 0 unspecified atom stereocenters. The van der Waals surface area contributed by atoms with Gasteiger partial charge in [0.15, 0.2) is 0 Å². The molecular formula is C12H9FS. The van der Waals surface area contributed by atoms with Crippen LogP contribution in [0.2, 0.25) is 0 Å². The van der Waals surface area contributed by atoms with Crippen molar-refractivity contribution in [3.63, 3.8) is 0 Å². The molecule has 1 heterocycles. The maximum Gasteiger partial charge on any atom is 0.123 e. The summed E-state index contributed by atoms with van der Waals surface area (Å²) in [6.07, 6.45) is 0. The summed E-state index contributed by atoms with van der Waals surface area (Å²) in [5.74, 6) is -0.213. The number of benzene rings is 1. The molecule has 1 aromatic carbocycles. The second-order valence-electron chi connectivity index (χ2n) is 3.07. The van der Waals surface area contributed by atoms with Crippen molar-refractivity contribution >= 4 is 24.5 Å². The van der Waals surface area contributed by atoms with Crippen molar-refractivity contribution in [3.05, 3.63) is 45.9 Å². The van der Waals surface area contributed by atoms with Gasteiger partial charge in [0.25, 0.3) is 0 Å². The molecule has 0 aliphatic heterocycles. The quantitative estimate of drug-likeness (QED) is 0.669. The van der Waals surface area contributed by atoms with Crippen LogP contribution in [0.3, 0.4) is 0 Å². The summed E-state index contributed by atoms with van der Waals surface area (Å²) in [5, 5.41) is 0.939. The summed E-state index contributed by atoms with van der Waals surface area (Å²) in [6.45, 7) is 7.72. The maximum atomic E-state index is 12.7. The molecule has 0 saturated heterocycles. The van der Waals surface area contributed by atoms with Crippen LogP contribution in [-0.2, 0) is 0 Å². The monoisotopic (exact) mass is 204 g/mol. The van der Waals surface area contributed by atoms with Crippen molar-refractivity contribution in [2.75, 3.05) is 0 Å². The fourth-order valence-electron chi connectivity index (χ4n) is 1.22. The van der Waals surface area contributed by atoms with E-state index in [-0.39, 0.29) is 5.82 Å². The SMILES string of the molecule is C=c1cc(-c2ccc(F)cc2)sc1=C. The Kier molecular flexibility index (Phi) is 2.22. The van der Waals surface area contributed by atoms with Gasteiger partial charge in [0, 0.05) is 9.41 Å². The van der Waals surface area contributed by atoms with E-state index < -0.39 is 0 Å². The van der Waals surface area contributed by atoms with E-state index in [0.29, 0.717) is 0 Å². The lowest BCUT2D eigenvalue weighted by atomic mass is 10.2. The Morgan fingerprint density at radius 3 is 2.21 bits per heavy atom. The predicted molar refractivity (Wildman–Crippen MR) is 60.0 cm³/mol. The second-order valence-corrected chi connectivity index (χ2v) is 4.20. The summed E-state index contributed by atoms with van der Waals surface area (Å²) >= 11 is 1.58.